The highest BCUT2D eigenvalue weighted by atomic mass is 16.3. The fourth-order valence-corrected chi connectivity index (χ4v) is 3.47. The van der Waals surface area contributed by atoms with E-state index in [9.17, 15) is 0 Å². The molecular weight excluding hydrogens is 288 g/mol. The summed E-state index contributed by atoms with van der Waals surface area (Å²) in [5, 5.41) is 6.86. The smallest absolute Gasteiger partial charge is 0.191 e. The number of nitrogens with zero attached hydrogens (tertiary/aromatic N) is 2. The molecule has 23 heavy (non-hydrogen) atoms. The lowest BCUT2D eigenvalue weighted by Crippen LogP contribution is -2.48. The monoisotopic (exact) mass is 320 g/mol. The fraction of sp³-hybridized carbons (Fsp3) is 0.722. The molecule has 0 bridgehead atoms. The summed E-state index contributed by atoms with van der Waals surface area (Å²) in [6.45, 7) is 1.77. The molecular formula is C18H32N4O. The van der Waals surface area contributed by atoms with Gasteiger partial charge in [0.1, 0.15) is 5.76 Å². The first kappa shape index (κ1) is 17.9. The third-order valence-electron chi connectivity index (χ3n) is 4.80. The van der Waals surface area contributed by atoms with Crippen LogP contribution in [0.5, 0.6) is 0 Å². The van der Waals surface area contributed by atoms with E-state index in [1.54, 1.807) is 6.26 Å². The maximum atomic E-state index is 5.35. The summed E-state index contributed by atoms with van der Waals surface area (Å²) >= 11 is 0. The third kappa shape index (κ3) is 5.90. The number of nitrogens with one attached hydrogen (secondary N) is 2. The van der Waals surface area contributed by atoms with Crippen molar-refractivity contribution in [2.45, 2.75) is 44.6 Å². The van der Waals surface area contributed by atoms with Crippen LogP contribution >= 0.6 is 0 Å². The largest absolute Gasteiger partial charge is 0.469 e. The molecule has 1 aliphatic rings. The third-order valence-corrected chi connectivity index (χ3v) is 4.80. The zero-order chi connectivity index (χ0) is 16.5. The molecule has 2 N–H and O–H groups in total. The molecule has 1 atom stereocenters. The second kappa shape index (κ2) is 9.60. The molecule has 0 saturated heterocycles. The summed E-state index contributed by atoms with van der Waals surface area (Å²) in [5.41, 5.74) is 0. The minimum atomic E-state index is 0.568. The van der Waals surface area contributed by atoms with E-state index in [0.29, 0.717) is 6.04 Å². The molecule has 1 aliphatic carbocycles. The van der Waals surface area contributed by atoms with Crippen molar-refractivity contribution in [2.24, 2.45) is 10.9 Å². The molecule has 2 rings (SSSR count). The Kier molecular flexibility index (Phi) is 7.46. The van der Waals surface area contributed by atoms with Gasteiger partial charge in [-0.15, -0.1) is 0 Å². The van der Waals surface area contributed by atoms with Crippen LogP contribution in [0.1, 0.15) is 37.9 Å². The zero-order valence-corrected chi connectivity index (χ0v) is 14.8. The van der Waals surface area contributed by atoms with Gasteiger partial charge in [0.2, 0.25) is 0 Å². The second-order valence-corrected chi connectivity index (χ2v) is 6.64. The Hall–Kier alpha value is -1.49. The number of rotatable bonds is 7. The molecule has 0 spiro atoms. The highest BCUT2D eigenvalue weighted by Crippen LogP contribution is 2.27. The second-order valence-electron chi connectivity index (χ2n) is 6.64. The molecule has 1 unspecified atom stereocenters. The van der Waals surface area contributed by atoms with Crippen molar-refractivity contribution < 1.29 is 4.42 Å². The van der Waals surface area contributed by atoms with Crippen LogP contribution in [-0.2, 0) is 6.42 Å². The average Bonchev–Trinajstić information content (AvgIpc) is 3.07. The molecule has 0 radical (unpaired) electrons. The fourth-order valence-electron chi connectivity index (χ4n) is 3.47. The molecule has 1 heterocycles. The number of hydrogen-bond donors (Lipinski definition) is 2. The van der Waals surface area contributed by atoms with Gasteiger partial charge in [-0.3, -0.25) is 4.99 Å². The Bertz CT molecular complexity index is 450. The number of likely N-dealkylation sites (N-methyl/N-ethyl adjacent to an activating group) is 1. The summed E-state index contributed by atoms with van der Waals surface area (Å²) < 4.78 is 5.35. The van der Waals surface area contributed by atoms with Gasteiger partial charge in [0.25, 0.3) is 0 Å². The van der Waals surface area contributed by atoms with Gasteiger partial charge in [-0.1, -0.05) is 19.3 Å². The summed E-state index contributed by atoms with van der Waals surface area (Å²) in [5.74, 6) is 2.67. The predicted molar refractivity (Wildman–Crippen MR) is 95.8 cm³/mol. The van der Waals surface area contributed by atoms with Gasteiger partial charge in [0.05, 0.1) is 6.26 Å². The van der Waals surface area contributed by atoms with E-state index in [2.05, 4.69) is 34.6 Å². The number of hydrogen-bond acceptors (Lipinski definition) is 3. The molecule has 0 aliphatic heterocycles. The van der Waals surface area contributed by atoms with Crippen molar-refractivity contribution in [3.8, 4) is 0 Å². The van der Waals surface area contributed by atoms with E-state index < -0.39 is 0 Å². The lowest BCUT2D eigenvalue weighted by atomic mass is 9.83. The van der Waals surface area contributed by atoms with Crippen LogP contribution in [0.2, 0.25) is 0 Å². The Labute approximate surface area is 140 Å². The van der Waals surface area contributed by atoms with Crippen molar-refractivity contribution in [3.05, 3.63) is 24.2 Å². The van der Waals surface area contributed by atoms with Crippen LogP contribution in [0.15, 0.2) is 27.8 Å². The first-order valence-corrected chi connectivity index (χ1v) is 8.84. The molecule has 0 amide bonds. The average molecular weight is 320 g/mol. The van der Waals surface area contributed by atoms with Gasteiger partial charge in [-0.25, -0.2) is 0 Å². The maximum absolute atomic E-state index is 5.35. The SMILES string of the molecule is CN=C(NCCc1ccco1)NCC(C1CCCCC1)N(C)C. The molecule has 1 fully saturated rings. The van der Waals surface area contributed by atoms with Gasteiger partial charge in [0.15, 0.2) is 5.96 Å². The summed E-state index contributed by atoms with van der Waals surface area (Å²) in [6, 6.07) is 4.50. The van der Waals surface area contributed by atoms with Crippen molar-refractivity contribution in [2.75, 3.05) is 34.2 Å². The van der Waals surface area contributed by atoms with E-state index in [0.717, 1.165) is 37.1 Å². The summed E-state index contributed by atoms with van der Waals surface area (Å²) in [4.78, 5) is 6.69. The van der Waals surface area contributed by atoms with E-state index in [-0.39, 0.29) is 0 Å². The van der Waals surface area contributed by atoms with Crippen molar-refractivity contribution in [1.82, 2.24) is 15.5 Å². The van der Waals surface area contributed by atoms with Crippen molar-refractivity contribution in [3.63, 3.8) is 0 Å². The Morgan fingerprint density at radius 3 is 2.70 bits per heavy atom. The van der Waals surface area contributed by atoms with Gasteiger partial charge in [0, 0.05) is 32.6 Å². The van der Waals surface area contributed by atoms with Crippen molar-refractivity contribution in [1.29, 1.82) is 0 Å². The molecule has 1 saturated carbocycles. The zero-order valence-electron chi connectivity index (χ0n) is 14.8. The number of furan rings is 1. The van der Waals surface area contributed by atoms with Crippen LogP contribution in [-0.4, -0.2) is 51.1 Å². The van der Waals surface area contributed by atoms with Crippen LogP contribution < -0.4 is 10.6 Å². The van der Waals surface area contributed by atoms with Crippen LogP contribution in [0.4, 0.5) is 0 Å². The summed E-state index contributed by atoms with van der Waals surface area (Å²) in [6.07, 6.45) is 9.46. The summed E-state index contributed by atoms with van der Waals surface area (Å²) in [7, 11) is 6.20. The van der Waals surface area contributed by atoms with Gasteiger partial charge in [-0.2, -0.15) is 0 Å². The molecule has 1 aromatic heterocycles. The number of guanidine groups is 1. The lowest BCUT2D eigenvalue weighted by Gasteiger charge is -2.35. The van der Waals surface area contributed by atoms with E-state index in [4.69, 9.17) is 4.42 Å². The quantitative estimate of drug-likeness (QED) is 0.599. The first-order valence-electron chi connectivity index (χ1n) is 8.84. The first-order chi connectivity index (χ1) is 11.2. The molecule has 0 aromatic carbocycles. The molecule has 5 heteroatoms. The van der Waals surface area contributed by atoms with Crippen LogP contribution in [0.25, 0.3) is 0 Å². The Morgan fingerprint density at radius 1 is 1.30 bits per heavy atom. The van der Waals surface area contributed by atoms with Gasteiger partial charge >= 0.3 is 0 Å². The standard InChI is InChI=1S/C18H32N4O/c1-19-18(20-12-11-16-10-7-13-23-16)21-14-17(22(2)3)15-8-5-4-6-9-15/h7,10,13,15,17H,4-6,8-9,11-12,14H2,1-3H3,(H2,19,20,21). The predicted octanol–water partition coefficient (Wildman–Crippen LogP) is 2.50. The normalized spacial score (nSPS) is 18.2. The minimum Gasteiger partial charge on any atom is -0.469 e. The van der Waals surface area contributed by atoms with Crippen LogP contribution in [0, 0.1) is 5.92 Å². The number of aliphatic imine (C=N–C) groups is 1. The van der Waals surface area contributed by atoms with E-state index in [1.807, 2.05) is 19.2 Å². The topological polar surface area (TPSA) is 52.8 Å². The van der Waals surface area contributed by atoms with Gasteiger partial charge in [-0.05, 0) is 45.0 Å². The van der Waals surface area contributed by atoms with Gasteiger partial charge < -0.3 is 20.0 Å². The van der Waals surface area contributed by atoms with E-state index in [1.165, 1.54) is 32.1 Å². The Balaban J connectivity index is 1.75. The van der Waals surface area contributed by atoms with Crippen LogP contribution in [0.3, 0.4) is 0 Å². The maximum Gasteiger partial charge on any atom is 0.191 e. The molecule has 5 nitrogen and oxygen atoms in total. The Morgan fingerprint density at radius 2 is 2.09 bits per heavy atom. The van der Waals surface area contributed by atoms with E-state index >= 15 is 0 Å². The van der Waals surface area contributed by atoms with Crippen molar-refractivity contribution >= 4 is 5.96 Å². The minimum absolute atomic E-state index is 0.568. The molecule has 130 valence electrons. The highest BCUT2D eigenvalue weighted by molar-refractivity contribution is 5.79. The molecule has 1 aromatic rings. The highest BCUT2D eigenvalue weighted by Gasteiger charge is 2.25. The lowest BCUT2D eigenvalue weighted by molar-refractivity contribution is 0.171.